The fourth-order valence-electron chi connectivity index (χ4n) is 3.26. The number of aryl methyl sites for hydroxylation is 1. The highest BCUT2D eigenvalue weighted by molar-refractivity contribution is 14.1. The van der Waals surface area contributed by atoms with Gasteiger partial charge in [0.1, 0.15) is 11.6 Å². The van der Waals surface area contributed by atoms with E-state index in [-0.39, 0.29) is 11.3 Å². The van der Waals surface area contributed by atoms with Crippen LogP contribution in [-0.4, -0.2) is 14.7 Å². The van der Waals surface area contributed by atoms with Crippen molar-refractivity contribution in [3.8, 4) is 5.75 Å². The summed E-state index contributed by atoms with van der Waals surface area (Å²) in [7, 11) is 0. The molecule has 0 saturated heterocycles. The van der Waals surface area contributed by atoms with Crippen molar-refractivity contribution < 1.29 is 5.11 Å². The molecule has 1 aromatic heterocycles. The van der Waals surface area contributed by atoms with Crippen LogP contribution in [0.1, 0.15) is 17.0 Å². The number of phenols is 1. The highest BCUT2D eigenvalue weighted by atomic mass is 127. The van der Waals surface area contributed by atoms with Crippen LogP contribution in [0.3, 0.4) is 0 Å². The van der Waals surface area contributed by atoms with Gasteiger partial charge in [0.15, 0.2) is 0 Å². The highest BCUT2D eigenvalue weighted by Gasteiger charge is 2.10. The van der Waals surface area contributed by atoms with E-state index in [9.17, 15) is 9.90 Å². The lowest BCUT2D eigenvalue weighted by Crippen LogP contribution is -2.25. The molecule has 1 heterocycles. The molecule has 30 heavy (non-hydrogen) atoms. The van der Waals surface area contributed by atoms with Gasteiger partial charge in [0.2, 0.25) is 0 Å². The average molecular weight is 573 g/mol. The van der Waals surface area contributed by atoms with Gasteiger partial charge in [-0.3, -0.25) is 9.36 Å². The van der Waals surface area contributed by atoms with E-state index in [1.165, 1.54) is 0 Å². The maximum absolute atomic E-state index is 13.3. The van der Waals surface area contributed by atoms with Crippen LogP contribution < -0.4 is 5.56 Å². The van der Waals surface area contributed by atoms with E-state index in [1.807, 2.05) is 42.5 Å². The van der Waals surface area contributed by atoms with Crippen LogP contribution in [0.4, 0.5) is 0 Å². The van der Waals surface area contributed by atoms with Crippen molar-refractivity contribution in [2.24, 2.45) is 0 Å². The number of aromatic nitrogens is 2. The SMILES string of the molecule is O=c1c2cc(I)ccc2nc(/C=C/c2cc(Br)ccc2O)n1CCc1ccccc1. The molecule has 6 heteroatoms. The molecule has 0 fully saturated rings. The van der Waals surface area contributed by atoms with Crippen molar-refractivity contribution in [3.63, 3.8) is 0 Å². The molecule has 0 aliphatic carbocycles. The van der Waals surface area contributed by atoms with Crippen molar-refractivity contribution in [2.45, 2.75) is 13.0 Å². The predicted molar refractivity (Wildman–Crippen MR) is 134 cm³/mol. The molecule has 0 spiro atoms. The van der Waals surface area contributed by atoms with Gasteiger partial charge in [0.25, 0.3) is 5.56 Å². The summed E-state index contributed by atoms with van der Waals surface area (Å²) >= 11 is 5.63. The molecule has 0 bridgehead atoms. The minimum Gasteiger partial charge on any atom is -0.507 e. The molecule has 4 aromatic rings. The zero-order chi connectivity index (χ0) is 21.1. The second kappa shape index (κ2) is 9.14. The summed E-state index contributed by atoms with van der Waals surface area (Å²) in [4.78, 5) is 18.0. The number of phenolic OH excluding ortho intramolecular Hbond substituents is 1. The Morgan fingerprint density at radius 3 is 2.63 bits per heavy atom. The Balaban J connectivity index is 1.79. The van der Waals surface area contributed by atoms with Crippen LogP contribution in [0, 0.1) is 3.57 Å². The number of rotatable bonds is 5. The third kappa shape index (κ3) is 4.65. The molecule has 0 unspecified atom stereocenters. The summed E-state index contributed by atoms with van der Waals surface area (Å²) in [5, 5.41) is 10.7. The maximum atomic E-state index is 13.3. The molecule has 0 aliphatic heterocycles. The standard InChI is InChI=1S/C24H18BrIN2O2/c25-18-7-10-22(29)17(14-18)6-11-23-27-21-9-8-19(26)15-20(21)24(30)28(23)13-12-16-4-2-1-3-5-16/h1-11,14-15,29H,12-13H2/b11-6+. The Morgan fingerprint density at radius 1 is 1.03 bits per heavy atom. The maximum Gasteiger partial charge on any atom is 0.261 e. The third-order valence-corrected chi connectivity index (χ3v) is 5.98. The molecule has 1 N–H and O–H groups in total. The van der Waals surface area contributed by atoms with E-state index in [1.54, 1.807) is 28.9 Å². The largest absolute Gasteiger partial charge is 0.507 e. The summed E-state index contributed by atoms with van der Waals surface area (Å²) < 4.78 is 3.56. The molecule has 0 saturated carbocycles. The molecule has 3 aromatic carbocycles. The van der Waals surface area contributed by atoms with Crippen LogP contribution >= 0.6 is 38.5 Å². The first-order chi connectivity index (χ1) is 14.5. The first kappa shape index (κ1) is 20.8. The summed E-state index contributed by atoms with van der Waals surface area (Å²) in [5.41, 5.74) is 2.41. The van der Waals surface area contributed by atoms with Gasteiger partial charge < -0.3 is 5.11 Å². The summed E-state index contributed by atoms with van der Waals surface area (Å²) in [6, 6.07) is 21.0. The minimum absolute atomic E-state index is 0.0624. The van der Waals surface area contributed by atoms with Crippen molar-refractivity contribution >= 4 is 61.6 Å². The van der Waals surface area contributed by atoms with Gasteiger partial charge >= 0.3 is 0 Å². The van der Waals surface area contributed by atoms with Gasteiger partial charge in [-0.1, -0.05) is 46.3 Å². The average Bonchev–Trinajstić information content (AvgIpc) is 2.75. The fraction of sp³-hybridized carbons (Fsp3) is 0.0833. The Labute approximate surface area is 196 Å². The molecular formula is C24H18BrIN2O2. The number of aromatic hydroxyl groups is 1. The van der Waals surface area contributed by atoms with Crippen LogP contribution in [0.2, 0.25) is 0 Å². The van der Waals surface area contributed by atoms with Gasteiger partial charge in [-0.15, -0.1) is 0 Å². The number of benzene rings is 3. The van der Waals surface area contributed by atoms with Crippen LogP contribution in [0.25, 0.3) is 23.1 Å². The van der Waals surface area contributed by atoms with Crippen LogP contribution in [0.5, 0.6) is 5.75 Å². The molecular weight excluding hydrogens is 555 g/mol. The van der Waals surface area contributed by atoms with E-state index in [4.69, 9.17) is 4.98 Å². The second-order valence-corrected chi connectivity index (χ2v) is 9.02. The molecule has 0 radical (unpaired) electrons. The van der Waals surface area contributed by atoms with E-state index in [0.29, 0.717) is 28.8 Å². The van der Waals surface area contributed by atoms with Gasteiger partial charge in [-0.2, -0.15) is 0 Å². The zero-order valence-electron chi connectivity index (χ0n) is 15.9. The van der Waals surface area contributed by atoms with Gasteiger partial charge in [-0.25, -0.2) is 4.98 Å². The molecule has 0 amide bonds. The lowest BCUT2D eigenvalue weighted by atomic mass is 10.1. The summed E-state index contributed by atoms with van der Waals surface area (Å²) in [5.74, 6) is 0.729. The Kier molecular flexibility index (Phi) is 6.34. The lowest BCUT2D eigenvalue weighted by molar-refractivity contribution is 0.474. The van der Waals surface area contributed by atoms with Crippen molar-refractivity contribution in [3.05, 3.63) is 102 Å². The minimum atomic E-state index is -0.0624. The Hall–Kier alpha value is -2.45. The fourth-order valence-corrected chi connectivity index (χ4v) is 4.13. The highest BCUT2D eigenvalue weighted by Crippen LogP contribution is 2.24. The van der Waals surface area contributed by atoms with E-state index >= 15 is 0 Å². The molecule has 0 atom stereocenters. The van der Waals surface area contributed by atoms with Gasteiger partial charge in [-0.05, 0) is 83.1 Å². The molecule has 4 rings (SSSR count). The number of halogens is 2. The first-order valence-corrected chi connectivity index (χ1v) is 11.3. The van der Waals surface area contributed by atoms with Gasteiger partial charge in [0.05, 0.1) is 10.9 Å². The van der Waals surface area contributed by atoms with E-state index in [2.05, 4.69) is 50.7 Å². The number of nitrogens with zero attached hydrogens (tertiary/aromatic N) is 2. The number of hydrogen-bond donors (Lipinski definition) is 1. The van der Waals surface area contributed by atoms with E-state index in [0.717, 1.165) is 20.0 Å². The quantitative estimate of drug-likeness (QED) is 0.304. The summed E-state index contributed by atoms with van der Waals surface area (Å²) in [6.07, 6.45) is 4.28. The predicted octanol–water partition coefficient (Wildman–Crippen LogP) is 5.88. The van der Waals surface area contributed by atoms with Crippen molar-refractivity contribution in [1.29, 1.82) is 0 Å². The smallest absolute Gasteiger partial charge is 0.261 e. The second-order valence-electron chi connectivity index (χ2n) is 6.86. The lowest BCUT2D eigenvalue weighted by Gasteiger charge is -2.12. The van der Waals surface area contributed by atoms with Crippen molar-refractivity contribution in [1.82, 2.24) is 9.55 Å². The normalized spacial score (nSPS) is 11.4. The van der Waals surface area contributed by atoms with Crippen LogP contribution in [-0.2, 0) is 13.0 Å². The Morgan fingerprint density at radius 2 is 1.83 bits per heavy atom. The monoisotopic (exact) mass is 572 g/mol. The van der Waals surface area contributed by atoms with Crippen LogP contribution in [0.15, 0.2) is 76.0 Å². The number of fused-ring (bicyclic) bond motifs is 1. The van der Waals surface area contributed by atoms with E-state index < -0.39 is 0 Å². The molecule has 0 aliphatic rings. The Bertz CT molecular complexity index is 1300. The third-order valence-electron chi connectivity index (χ3n) is 4.81. The zero-order valence-corrected chi connectivity index (χ0v) is 19.7. The molecule has 4 nitrogen and oxygen atoms in total. The number of hydrogen-bond acceptors (Lipinski definition) is 3. The first-order valence-electron chi connectivity index (χ1n) is 9.42. The summed E-state index contributed by atoms with van der Waals surface area (Å²) in [6.45, 7) is 0.515. The molecule has 150 valence electrons. The van der Waals surface area contributed by atoms with Crippen molar-refractivity contribution in [2.75, 3.05) is 0 Å². The topological polar surface area (TPSA) is 55.1 Å². The van der Waals surface area contributed by atoms with Gasteiger partial charge in [0, 0.05) is 20.2 Å².